The van der Waals surface area contributed by atoms with Crippen molar-refractivity contribution in [1.29, 1.82) is 0 Å². The molecule has 0 radical (unpaired) electrons. The maximum atomic E-state index is 12.4. The number of unbranched alkanes of at least 4 members (excludes halogenated alkanes) is 6. The average Bonchev–Trinajstić information content (AvgIpc) is 2.71. The fourth-order valence-electron chi connectivity index (χ4n) is 3.56. The molecular formula is C26H36O4. The monoisotopic (exact) mass is 412 g/mol. The van der Waals surface area contributed by atoms with Gasteiger partial charge in [0.25, 0.3) is 0 Å². The van der Waals surface area contributed by atoms with E-state index in [0.717, 1.165) is 73.3 Å². The second-order valence-corrected chi connectivity index (χ2v) is 8.14. The second kappa shape index (κ2) is 12.4. The number of esters is 2. The van der Waals surface area contributed by atoms with Crippen LogP contribution in [0.4, 0.5) is 0 Å². The van der Waals surface area contributed by atoms with Gasteiger partial charge in [-0.2, -0.15) is 0 Å². The second-order valence-electron chi connectivity index (χ2n) is 8.14. The smallest absolute Gasteiger partial charge is 0.311 e. The molecule has 4 heteroatoms. The highest BCUT2D eigenvalue weighted by Gasteiger charge is 2.17. The van der Waals surface area contributed by atoms with Gasteiger partial charge in [-0.25, -0.2) is 0 Å². The SMILES string of the molecule is CCCCCCC(=O)Oc1cc(C)c(OC(=O)CCCCCC)c2cc(C)ccc12. The van der Waals surface area contributed by atoms with Crippen LogP contribution in [0.25, 0.3) is 10.8 Å². The number of rotatable bonds is 12. The van der Waals surface area contributed by atoms with E-state index in [9.17, 15) is 9.59 Å². The lowest BCUT2D eigenvalue weighted by Crippen LogP contribution is -2.11. The molecule has 0 atom stereocenters. The van der Waals surface area contributed by atoms with Crippen LogP contribution in [0.3, 0.4) is 0 Å². The molecule has 0 spiro atoms. The van der Waals surface area contributed by atoms with E-state index in [-0.39, 0.29) is 11.9 Å². The summed E-state index contributed by atoms with van der Waals surface area (Å²) in [7, 11) is 0. The summed E-state index contributed by atoms with van der Waals surface area (Å²) in [6.07, 6.45) is 9.14. The molecule has 0 saturated carbocycles. The van der Waals surface area contributed by atoms with Crippen molar-refractivity contribution in [2.45, 2.75) is 91.9 Å². The lowest BCUT2D eigenvalue weighted by molar-refractivity contribution is -0.135. The molecule has 0 unspecified atom stereocenters. The number of aryl methyl sites for hydroxylation is 2. The van der Waals surface area contributed by atoms with Crippen LogP contribution in [0.1, 0.15) is 89.2 Å². The van der Waals surface area contributed by atoms with Crippen LogP contribution in [0.5, 0.6) is 11.5 Å². The summed E-state index contributed by atoms with van der Waals surface area (Å²) in [5, 5.41) is 1.60. The summed E-state index contributed by atoms with van der Waals surface area (Å²) < 4.78 is 11.5. The van der Waals surface area contributed by atoms with Crippen LogP contribution in [0.15, 0.2) is 24.3 Å². The van der Waals surface area contributed by atoms with Gasteiger partial charge in [0.15, 0.2) is 0 Å². The largest absolute Gasteiger partial charge is 0.426 e. The van der Waals surface area contributed by atoms with E-state index in [1.807, 2.05) is 32.0 Å². The number of ether oxygens (including phenoxy) is 2. The van der Waals surface area contributed by atoms with E-state index in [2.05, 4.69) is 13.8 Å². The number of carbonyl (C=O) groups is 2. The van der Waals surface area contributed by atoms with Crippen LogP contribution >= 0.6 is 0 Å². The molecule has 4 nitrogen and oxygen atoms in total. The van der Waals surface area contributed by atoms with E-state index in [4.69, 9.17) is 9.47 Å². The number of hydrogen-bond donors (Lipinski definition) is 0. The zero-order valence-corrected chi connectivity index (χ0v) is 19.0. The number of carbonyl (C=O) groups excluding carboxylic acids is 2. The van der Waals surface area contributed by atoms with Gasteiger partial charge in [-0.3, -0.25) is 9.59 Å². The van der Waals surface area contributed by atoms with Crippen molar-refractivity contribution < 1.29 is 19.1 Å². The minimum Gasteiger partial charge on any atom is -0.426 e. The maximum Gasteiger partial charge on any atom is 0.311 e. The lowest BCUT2D eigenvalue weighted by Gasteiger charge is -2.15. The number of hydrogen-bond acceptors (Lipinski definition) is 4. The van der Waals surface area contributed by atoms with Crippen LogP contribution in [0, 0.1) is 13.8 Å². The van der Waals surface area contributed by atoms with E-state index in [1.54, 1.807) is 6.07 Å². The first kappa shape index (κ1) is 23.9. The number of benzene rings is 2. The first-order valence-corrected chi connectivity index (χ1v) is 11.4. The summed E-state index contributed by atoms with van der Waals surface area (Å²) in [6, 6.07) is 7.71. The van der Waals surface area contributed by atoms with E-state index in [0.29, 0.717) is 24.3 Å². The Kier molecular flexibility index (Phi) is 9.85. The van der Waals surface area contributed by atoms with Crippen molar-refractivity contribution in [1.82, 2.24) is 0 Å². The zero-order valence-electron chi connectivity index (χ0n) is 19.0. The fourth-order valence-corrected chi connectivity index (χ4v) is 3.56. The Morgan fingerprint density at radius 3 is 1.93 bits per heavy atom. The summed E-state index contributed by atoms with van der Waals surface area (Å²) >= 11 is 0. The van der Waals surface area contributed by atoms with Crippen LogP contribution in [0.2, 0.25) is 0 Å². The molecule has 0 saturated heterocycles. The summed E-state index contributed by atoms with van der Waals surface area (Å²) in [4.78, 5) is 24.7. The van der Waals surface area contributed by atoms with Gasteiger partial charge in [-0.1, -0.05) is 70.1 Å². The first-order valence-electron chi connectivity index (χ1n) is 11.4. The predicted octanol–water partition coefficient (Wildman–Crippen LogP) is 7.21. The standard InChI is InChI=1S/C26H36O4/c1-5-7-9-11-13-24(27)29-23-18-20(4)26(22-17-19(3)15-16-21(22)23)30-25(28)14-12-10-8-6-2/h15-18H,5-14H2,1-4H3. The molecule has 164 valence electrons. The summed E-state index contributed by atoms with van der Waals surface area (Å²) in [5.74, 6) is 0.674. The van der Waals surface area contributed by atoms with Crippen molar-refractivity contribution in [2.24, 2.45) is 0 Å². The fraction of sp³-hybridized carbons (Fsp3) is 0.538. The van der Waals surface area contributed by atoms with Gasteiger partial charge in [-0.05, 0) is 44.4 Å². The molecule has 0 aromatic heterocycles. The molecule has 0 bridgehead atoms. The molecule has 0 aliphatic rings. The van der Waals surface area contributed by atoms with Crippen molar-refractivity contribution in [3.63, 3.8) is 0 Å². The van der Waals surface area contributed by atoms with Gasteiger partial charge in [-0.15, -0.1) is 0 Å². The average molecular weight is 413 g/mol. The highest BCUT2D eigenvalue weighted by atomic mass is 16.5. The lowest BCUT2D eigenvalue weighted by atomic mass is 10.0. The quantitative estimate of drug-likeness (QED) is 0.210. The van der Waals surface area contributed by atoms with E-state index >= 15 is 0 Å². The minimum absolute atomic E-state index is 0.210. The van der Waals surface area contributed by atoms with Gasteiger partial charge < -0.3 is 9.47 Å². The Bertz CT molecular complexity index is 854. The van der Waals surface area contributed by atoms with Crippen molar-refractivity contribution in [3.8, 4) is 11.5 Å². The molecule has 0 aliphatic heterocycles. The highest BCUT2D eigenvalue weighted by molar-refractivity contribution is 5.97. The Hall–Kier alpha value is -2.36. The van der Waals surface area contributed by atoms with E-state index < -0.39 is 0 Å². The predicted molar refractivity (Wildman–Crippen MR) is 122 cm³/mol. The van der Waals surface area contributed by atoms with Crippen LogP contribution < -0.4 is 9.47 Å². The Balaban J connectivity index is 2.19. The van der Waals surface area contributed by atoms with E-state index in [1.165, 1.54) is 0 Å². The van der Waals surface area contributed by atoms with Gasteiger partial charge in [0.2, 0.25) is 0 Å². The molecule has 30 heavy (non-hydrogen) atoms. The van der Waals surface area contributed by atoms with Crippen molar-refractivity contribution in [3.05, 3.63) is 35.4 Å². The Morgan fingerprint density at radius 2 is 1.33 bits per heavy atom. The molecular weight excluding hydrogens is 376 g/mol. The maximum absolute atomic E-state index is 12.4. The van der Waals surface area contributed by atoms with Crippen LogP contribution in [-0.2, 0) is 9.59 Å². The molecule has 0 aliphatic carbocycles. The molecule has 0 N–H and O–H groups in total. The normalized spacial score (nSPS) is 10.9. The zero-order chi connectivity index (χ0) is 21.9. The molecule has 2 rings (SSSR count). The van der Waals surface area contributed by atoms with Crippen LogP contribution in [-0.4, -0.2) is 11.9 Å². The van der Waals surface area contributed by atoms with Gasteiger partial charge in [0.1, 0.15) is 11.5 Å². The van der Waals surface area contributed by atoms with Gasteiger partial charge in [0.05, 0.1) is 0 Å². The van der Waals surface area contributed by atoms with Gasteiger partial charge in [0, 0.05) is 23.6 Å². The molecule has 0 fully saturated rings. The summed E-state index contributed by atoms with van der Waals surface area (Å²) in [6.45, 7) is 8.18. The van der Waals surface area contributed by atoms with Crippen molar-refractivity contribution in [2.75, 3.05) is 0 Å². The Labute approximate surface area is 181 Å². The number of fused-ring (bicyclic) bond motifs is 1. The first-order chi connectivity index (χ1) is 14.5. The molecule has 2 aromatic carbocycles. The third-order valence-corrected chi connectivity index (χ3v) is 5.30. The summed E-state index contributed by atoms with van der Waals surface area (Å²) in [5.41, 5.74) is 1.86. The third kappa shape index (κ3) is 7.16. The minimum atomic E-state index is -0.215. The third-order valence-electron chi connectivity index (χ3n) is 5.30. The topological polar surface area (TPSA) is 52.6 Å². The molecule has 0 heterocycles. The molecule has 0 amide bonds. The highest BCUT2D eigenvalue weighted by Crippen LogP contribution is 2.37. The molecule has 2 aromatic rings. The Morgan fingerprint density at radius 1 is 0.733 bits per heavy atom. The van der Waals surface area contributed by atoms with Gasteiger partial charge >= 0.3 is 11.9 Å². The van der Waals surface area contributed by atoms with Crippen molar-refractivity contribution >= 4 is 22.7 Å².